The summed E-state index contributed by atoms with van der Waals surface area (Å²) >= 11 is 0. The fraction of sp³-hybridized carbons (Fsp3) is 0.462. The van der Waals surface area contributed by atoms with Crippen LogP contribution in [0.2, 0.25) is 0 Å². The van der Waals surface area contributed by atoms with Crippen molar-refractivity contribution in [1.82, 2.24) is 19.4 Å². The van der Waals surface area contributed by atoms with Crippen molar-refractivity contribution in [2.24, 2.45) is 7.05 Å². The van der Waals surface area contributed by atoms with Gasteiger partial charge in [0, 0.05) is 31.3 Å². The van der Waals surface area contributed by atoms with E-state index >= 15 is 0 Å². The second kappa shape index (κ2) is 9.76. The van der Waals surface area contributed by atoms with Crippen LogP contribution >= 0.6 is 0 Å². The van der Waals surface area contributed by atoms with Crippen LogP contribution < -0.4 is 10.9 Å². The first-order valence-electron chi connectivity index (χ1n) is 12.2. The Hall–Kier alpha value is -3.49. The van der Waals surface area contributed by atoms with Crippen LogP contribution in [0.25, 0.3) is 11.0 Å². The average molecular weight is 513 g/mol. The number of ether oxygens (including phenoxy) is 1. The molecule has 8 nitrogen and oxygen atoms in total. The van der Waals surface area contributed by atoms with Crippen molar-refractivity contribution in [3.05, 3.63) is 63.5 Å². The predicted molar refractivity (Wildman–Crippen MR) is 131 cm³/mol. The number of benzene rings is 1. The number of hydrogen-bond donors (Lipinski definition) is 1. The van der Waals surface area contributed by atoms with Gasteiger partial charge in [-0.2, -0.15) is 5.26 Å². The number of fused-ring (bicyclic) bond motifs is 1. The number of piperidine rings is 1. The maximum atomic E-state index is 14.8. The van der Waals surface area contributed by atoms with Crippen molar-refractivity contribution in [2.75, 3.05) is 31.6 Å². The van der Waals surface area contributed by atoms with E-state index in [-0.39, 0.29) is 11.1 Å². The maximum absolute atomic E-state index is 14.8. The molecule has 11 heteroatoms. The Morgan fingerprint density at radius 3 is 2.54 bits per heavy atom. The van der Waals surface area contributed by atoms with Crippen molar-refractivity contribution in [1.29, 1.82) is 5.26 Å². The fourth-order valence-electron chi connectivity index (χ4n) is 5.23. The highest BCUT2D eigenvalue weighted by atomic mass is 19.3. The van der Waals surface area contributed by atoms with E-state index in [0.29, 0.717) is 67.6 Å². The first-order chi connectivity index (χ1) is 17.8. The summed E-state index contributed by atoms with van der Waals surface area (Å²) in [5.74, 6) is -0.663. The van der Waals surface area contributed by atoms with Crippen LogP contribution in [-0.4, -0.2) is 51.8 Å². The molecular weight excluding hydrogens is 485 g/mol. The molecule has 0 radical (unpaired) electrons. The number of nitriles is 1. The Morgan fingerprint density at radius 1 is 1.22 bits per heavy atom. The molecule has 0 aliphatic carbocycles. The number of nitrogens with zero attached hydrogens (tertiary/aromatic N) is 5. The van der Waals surface area contributed by atoms with Gasteiger partial charge >= 0.3 is 0 Å². The van der Waals surface area contributed by atoms with Crippen LogP contribution in [0.4, 0.5) is 19.0 Å². The van der Waals surface area contributed by atoms with E-state index < -0.39 is 29.3 Å². The van der Waals surface area contributed by atoms with Crippen molar-refractivity contribution in [3.63, 3.8) is 0 Å². The molecule has 3 aromatic rings. The third kappa shape index (κ3) is 4.34. The molecule has 194 valence electrons. The molecule has 4 heterocycles. The molecule has 1 N–H and O–H groups in total. The van der Waals surface area contributed by atoms with Crippen molar-refractivity contribution >= 4 is 16.9 Å². The Kier molecular flexibility index (Phi) is 6.64. The molecule has 2 aliphatic rings. The molecule has 0 spiro atoms. The third-order valence-corrected chi connectivity index (χ3v) is 7.64. The van der Waals surface area contributed by atoms with Crippen molar-refractivity contribution in [3.8, 4) is 6.07 Å². The molecule has 2 saturated heterocycles. The second-order valence-corrected chi connectivity index (χ2v) is 9.72. The highest BCUT2D eigenvalue weighted by Crippen LogP contribution is 2.37. The molecule has 0 unspecified atom stereocenters. The van der Waals surface area contributed by atoms with Crippen LogP contribution in [-0.2, 0) is 17.2 Å². The SMILES string of the molecule is C[C@@H](Nc1ncnc2c1cc(C1(C#N)CCN(C3COC3)CC1)c(=O)n2C)c1cccc(C(F)F)c1F. The van der Waals surface area contributed by atoms with Gasteiger partial charge in [-0.15, -0.1) is 0 Å². The minimum Gasteiger partial charge on any atom is -0.378 e. The van der Waals surface area contributed by atoms with Gasteiger partial charge in [0.1, 0.15) is 23.6 Å². The van der Waals surface area contributed by atoms with Crippen molar-refractivity contribution < 1.29 is 17.9 Å². The lowest BCUT2D eigenvalue weighted by atomic mass is 9.74. The highest BCUT2D eigenvalue weighted by Gasteiger charge is 2.41. The van der Waals surface area contributed by atoms with E-state index in [2.05, 4.69) is 26.3 Å². The zero-order valence-corrected chi connectivity index (χ0v) is 20.5. The van der Waals surface area contributed by atoms with E-state index in [1.54, 1.807) is 20.0 Å². The maximum Gasteiger partial charge on any atom is 0.266 e. The molecule has 2 aromatic heterocycles. The van der Waals surface area contributed by atoms with Crippen LogP contribution in [0.5, 0.6) is 0 Å². The Labute approximate surface area is 211 Å². The third-order valence-electron chi connectivity index (χ3n) is 7.64. The number of pyridine rings is 1. The van der Waals surface area contributed by atoms with Gasteiger partial charge in [-0.1, -0.05) is 18.2 Å². The normalized spacial score (nSPS) is 18.9. The quantitative estimate of drug-likeness (QED) is 0.536. The van der Waals surface area contributed by atoms with Gasteiger partial charge in [0.25, 0.3) is 12.0 Å². The van der Waals surface area contributed by atoms with E-state index in [0.717, 1.165) is 6.07 Å². The lowest BCUT2D eigenvalue weighted by Gasteiger charge is -2.43. The summed E-state index contributed by atoms with van der Waals surface area (Å²) in [5.41, 5.74) is -1.17. The first kappa shape index (κ1) is 25.2. The fourth-order valence-corrected chi connectivity index (χ4v) is 5.23. The van der Waals surface area contributed by atoms with Gasteiger partial charge in [-0.3, -0.25) is 14.3 Å². The summed E-state index contributed by atoms with van der Waals surface area (Å²) in [6.07, 6.45) is -0.658. The summed E-state index contributed by atoms with van der Waals surface area (Å²) in [6.45, 7) is 4.36. The monoisotopic (exact) mass is 512 g/mol. The van der Waals surface area contributed by atoms with Crippen LogP contribution in [0.15, 0.2) is 35.4 Å². The zero-order chi connectivity index (χ0) is 26.3. The Bertz CT molecular complexity index is 1420. The van der Waals surface area contributed by atoms with Crippen LogP contribution in [0, 0.1) is 17.1 Å². The number of alkyl halides is 2. The first-order valence-corrected chi connectivity index (χ1v) is 12.2. The number of aromatic nitrogens is 3. The molecule has 5 rings (SSSR count). The molecule has 2 aliphatic heterocycles. The van der Waals surface area contributed by atoms with E-state index in [9.17, 15) is 23.2 Å². The highest BCUT2D eigenvalue weighted by molar-refractivity contribution is 5.87. The van der Waals surface area contributed by atoms with Crippen LogP contribution in [0.3, 0.4) is 0 Å². The number of nitrogens with one attached hydrogen (secondary N) is 1. The molecule has 2 fully saturated rings. The molecular formula is C26H27F3N6O2. The largest absolute Gasteiger partial charge is 0.378 e. The number of aryl methyl sites for hydroxylation is 1. The van der Waals surface area contributed by atoms with E-state index in [1.807, 2.05) is 0 Å². The van der Waals surface area contributed by atoms with Gasteiger partial charge < -0.3 is 10.1 Å². The lowest BCUT2D eigenvalue weighted by molar-refractivity contribution is -0.0736. The van der Waals surface area contributed by atoms with E-state index in [1.165, 1.54) is 23.0 Å². The topological polar surface area (TPSA) is 96.1 Å². The molecule has 37 heavy (non-hydrogen) atoms. The van der Waals surface area contributed by atoms with Gasteiger partial charge in [-0.25, -0.2) is 23.1 Å². The second-order valence-electron chi connectivity index (χ2n) is 9.72. The molecule has 0 bridgehead atoms. The Morgan fingerprint density at radius 2 is 1.92 bits per heavy atom. The molecule has 1 atom stereocenters. The summed E-state index contributed by atoms with van der Waals surface area (Å²) in [7, 11) is 1.59. The minimum absolute atomic E-state index is 0.0652. The molecule has 0 saturated carbocycles. The van der Waals surface area contributed by atoms with E-state index in [4.69, 9.17) is 4.74 Å². The van der Waals surface area contributed by atoms with Gasteiger partial charge in [0.2, 0.25) is 0 Å². The Balaban J connectivity index is 1.52. The van der Waals surface area contributed by atoms with Crippen LogP contribution in [0.1, 0.15) is 48.9 Å². The average Bonchev–Trinajstić information content (AvgIpc) is 2.86. The summed E-state index contributed by atoms with van der Waals surface area (Å²) in [4.78, 5) is 24.3. The smallest absolute Gasteiger partial charge is 0.266 e. The van der Waals surface area contributed by atoms with Gasteiger partial charge in [0.15, 0.2) is 0 Å². The number of hydrogen-bond acceptors (Lipinski definition) is 7. The molecule has 0 amide bonds. The summed E-state index contributed by atoms with van der Waals surface area (Å²) in [6, 6.07) is 7.60. The number of rotatable bonds is 6. The zero-order valence-electron chi connectivity index (χ0n) is 20.5. The number of halogens is 3. The predicted octanol–water partition coefficient (Wildman–Crippen LogP) is 3.83. The lowest BCUT2D eigenvalue weighted by Crippen LogP contribution is -2.54. The van der Waals surface area contributed by atoms with Crippen molar-refractivity contribution in [2.45, 2.75) is 43.7 Å². The standard InChI is InChI=1S/C26H27F3N6O2/c1-15(17-4-3-5-18(21(17)27)22(28)29)33-23-19-10-20(25(36)34(2)24(19)32-14-31-23)26(13-30)6-8-35(9-7-26)16-11-37-12-16/h3-5,10,14-16,22H,6-9,11-12H2,1-2H3,(H,31,32,33)/t15-/m1/s1. The summed E-state index contributed by atoms with van der Waals surface area (Å²) < 4.78 is 47.9. The number of likely N-dealkylation sites (tertiary alicyclic amines) is 1. The minimum atomic E-state index is -2.94. The number of anilines is 1. The summed E-state index contributed by atoms with van der Waals surface area (Å²) in [5, 5.41) is 13.8. The molecule has 1 aromatic carbocycles. The van der Waals surface area contributed by atoms with Gasteiger partial charge in [-0.05, 0) is 25.8 Å². The van der Waals surface area contributed by atoms with Gasteiger partial charge in [0.05, 0.1) is 47.7 Å².